The quantitative estimate of drug-likeness (QED) is 0.345. The first kappa shape index (κ1) is 20.6. The minimum Gasteiger partial charge on any atom is -0.309 e. The van der Waals surface area contributed by atoms with Gasteiger partial charge in [-0.05, 0) is 35.7 Å². The third-order valence-corrected chi connectivity index (χ3v) is 7.02. The summed E-state index contributed by atoms with van der Waals surface area (Å²) >= 11 is 3.08. The number of nitrogens with one attached hydrogen (secondary N) is 1. The van der Waals surface area contributed by atoms with E-state index in [0.29, 0.717) is 27.8 Å². The lowest BCUT2D eigenvalue weighted by Gasteiger charge is -2.09. The Morgan fingerprint density at radius 3 is 2.41 bits per heavy atom. The fraction of sp³-hybridized carbons (Fsp3) is 0.0417. The number of fused-ring (bicyclic) bond motifs is 1. The summed E-state index contributed by atoms with van der Waals surface area (Å²) in [5, 5.41) is 16.5. The van der Waals surface area contributed by atoms with Crippen molar-refractivity contribution in [3.8, 4) is 22.1 Å². The highest BCUT2D eigenvalue weighted by atomic mass is 32.2. The molecule has 0 unspecified atom stereocenters. The van der Waals surface area contributed by atoms with Crippen LogP contribution in [-0.4, -0.2) is 34.5 Å². The normalized spacial score (nSPS) is 11.3. The van der Waals surface area contributed by atoms with E-state index in [4.69, 9.17) is 4.98 Å². The van der Waals surface area contributed by atoms with Crippen LogP contribution in [0.25, 0.3) is 33.1 Å². The van der Waals surface area contributed by atoms with Crippen LogP contribution in [0.3, 0.4) is 0 Å². The first-order valence-electron chi connectivity index (χ1n) is 10.5. The summed E-state index contributed by atoms with van der Waals surface area (Å²) in [5.41, 5.74) is 2.12. The number of thiophene rings is 1. The summed E-state index contributed by atoms with van der Waals surface area (Å²) in [5.74, 6) is 1.74. The molecule has 6 aromatic rings. The average Bonchev–Trinajstić information content (AvgIpc) is 3.63. The summed E-state index contributed by atoms with van der Waals surface area (Å²) in [6.07, 6.45) is 1.55. The molecule has 4 heterocycles. The first-order chi connectivity index (χ1) is 16.8. The van der Waals surface area contributed by atoms with E-state index in [9.17, 15) is 4.79 Å². The number of hydrogen-bond donors (Lipinski definition) is 1. The van der Waals surface area contributed by atoms with Crippen molar-refractivity contribution >= 4 is 34.1 Å². The maximum Gasteiger partial charge on any atom is 0.262 e. The molecule has 166 valence electrons. The van der Waals surface area contributed by atoms with Crippen LogP contribution in [0.5, 0.6) is 0 Å². The molecule has 0 aliphatic rings. The van der Waals surface area contributed by atoms with Gasteiger partial charge >= 0.3 is 0 Å². The van der Waals surface area contributed by atoms with Crippen LogP contribution in [0.4, 0.5) is 0 Å². The van der Waals surface area contributed by atoms with Crippen molar-refractivity contribution in [3.63, 3.8) is 0 Å². The maximum absolute atomic E-state index is 12.7. The molecule has 0 radical (unpaired) electrons. The molecule has 34 heavy (non-hydrogen) atoms. The monoisotopic (exact) mass is 483 g/mol. The Kier molecular flexibility index (Phi) is 5.28. The van der Waals surface area contributed by atoms with E-state index in [1.54, 1.807) is 22.2 Å². The molecule has 0 atom stereocenters. The van der Waals surface area contributed by atoms with Crippen LogP contribution >= 0.6 is 23.1 Å². The van der Waals surface area contributed by atoms with E-state index in [1.807, 2.05) is 82.7 Å². The number of nitrogens with zero attached hydrogens (tertiary/aromatic N) is 6. The third-order valence-electron chi connectivity index (χ3n) is 5.22. The molecule has 0 spiro atoms. The van der Waals surface area contributed by atoms with E-state index in [0.717, 1.165) is 22.1 Å². The number of rotatable bonds is 6. The largest absolute Gasteiger partial charge is 0.309 e. The molecule has 0 aliphatic carbocycles. The van der Waals surface area contributed by atoms with Crippen molar-refractivity contribution in [2.24, 2.45) is 0 Å². The highest BCUT2D eigenvalue weighted by Gasteiger charge is 2.18. The van der Waals surface area contributed by atoms with E-state index >= 15 is 0 Å². The second kappa shape index (κ2) is 8.73. The van der Waals surface area contributed by atoms with Gasteiger partial charge in [-0.15, -0.1) is 21.5 Å². The van der Waals surface area contributed by atoms with Crippen molar-refractivity contribution in [2.75, 3.05) is 0 Å². The van der Waals surface area contributed by atoms with Crippen molar-refractivity contribution < 1.29 is 0 Å². The molecule has 1 N–H and O–H groups in total. The summed E-state index contributed by atoms with van der Waals surface area (Å²) in [4.78, 5) is 21.3. The predicted molar refractivity (Wildman–Crippen MR) is 134 cm³/mol. The highest BCUT2D eigenvalue weighted by Crippen LogP contribution is 2.31. The molecule has 8 nitrogen and oxygen atoms in total. The number of thioether (sulfide) groups is 1. The fourth-order valence-corrected chi connectivity index (χ4v) is 5.18. The summed E-state index contributed by atoms with van der Waals surface area (Å²) in [6.45, 7) is 0. The lowest BCUT2D eigenvalue weighted by Crippen LogP contribution is -2.12. The number of benzene rings is 2. The molecule has 2 aromatic carbocycles. The molecule has 0 amide bonds. The Morgan fingerprint density at radius 2 is 1.68 bits per heavy atom. The van der Waals surface area contributed by atoms with Gasteiger partial charge in [0.05, 0.1) is 22.5 Å². The van der Waals surface area contributed by atoms with Gasteiger partial charge in [-0.3, -0.25) is 9.36 Å². The van der Waals surface area contributed by atoms with Gasteiger partial charge in [-0.1, -0.05) is 54.2 Å². The molecule has 0 saturated heterocycles. The van der Waals surface area contributed by atoms with Gasteiger partial charge in [0.1, 0.15) is 11.2 Å². The van der Waals surface area contributed by atoms with Gasteiger partial charge in [0.25, 0.3) is 5.56 Å². The van der Waals surface area contributed by atoms with Crippen LogP contribution in [0, 0.1) is 0 Å². The lowest BCUT2D eigenvalue weighted by molar-refractivity contribution is 0.877. The van der Waals surface area contributed by atoms with Gasteiger partial charge in [0.15, 0.2) is 16.6 Å². The van der Waals surface area contributed by atoms with Crippen molar-refractivity contribution in [1.82, 2.24) is 34.5 Å². The molecular weight excluding hydrogens is 466 g/mol. The molecule has 0 aliphatic heterocycles. The predicted octanol–water partition coefficient (Wildman–Crippen LogP) is 4.71. The van der Waals surface area contributed by atoms with Crippen LogP contribution < -0.4 is 5.56 Å². The molecule has 4 aromatic heterocycles. The number of hydrogen-bond acceptors (Lipinski definition) is 7. The maximum atomic E-state index is 12.7. The summed E-state index contributed by atoms with van der Waals surface area (Å²) in [7, 11) is 0. The van der Waals surface area contributed by atoms with E-state index < -0.39 is 0 Å². The van der Waals surface area contributed by atoms with E-state index in [-0.39, 0.29) is 5.56 Å². The molecule has 0 bridgehead atoms. The standard InChI is InChI=1S/C24H17N7OS2/c32-23-18-14-25-31(17-10-5-2-6-11-17)21(18)26-20(27-23)15-34-24-29-28-22(19-12-7-13-33-19)30(24)16-8-3-1-4-9-16/h1-14H,15H2,(H,26,27,32). The van der Waals surface area contributed by atoms with Crippen LogP contribution in [0.1, 0.15) is 5.82 Å². The van der Waals surface area contributed by atoms with Crippen molar-refractivity contribution in [3.05, 3.63) is 101 Å². The minimum atomic E-state index is -0.216. The number of H-pyrrole nitrogens is 1. The second-order valence-electron chi connectivity index (χ2n) is 7.38. The summed E-state index contributed by atoms with van der Waals surface area (Å²) < 4.78 is 3.71. The molecular formula is C24H17N7OS2. The number of aromatic amines is 1. The van der Waals surface area contributed by atoms with Gasteiger partial charge in [0, 0.05) is 5.69 Å². The minimum absolute atomic E-state index is 0.216. The topological polar surface area (TPSA) is 94.3 Å². The smallest absolute Gasteiger partial charge is 0.262 e. The van der Waals surface area contributed by atoms with Gasteiger partial charge in [0.2, 0.25) is 0 Å². The van der Waals surface area contributed by atoms with Gasteiger partial charge < -0.3 is 4.98 Å². The summed E-state index contributed by atoms with van der Waals surface area (Å²) in [6, 6.07) is 23.7. The van der Waals surface area contributed by atoms with Crippen molar-refractivity contribution in [1.29, 1.82) is 0 Å². The molecule has 0 saturated carbocycles. The zero-order chi connectivity index (χ0) is 22.9. The van der Waals surface area contributed by atoms with Gasteiger partial charge in [-0.2, -0.15) is 5.10 Å². The zero-order valence-corrected chi connectivity index (χ0v) is 19.3. The van der Waals surface area contributed by atoms with Crippen LogP contribution in [-0.2, 0) is 5.75 Å². The van der Waals surface area contributed by atoms with Crippen LogP contribution in [0.2, 0.25) is 0 Å². The fourth-order valence-electron chi connectivity index (χ4n) is 3.66. The van der Waals surface area contributed by atoms with E-state index in [1.165, 1.54) is 11.8 Å². The first-order valence-corrected chi connectivity index (χ1v) is 12.3. The Labute approximate surface area is 202 Å². The van der Waals surface area contributed by atoms with E-state index in [2.05, 4.69) is 20.3 Å². The Bertz CT molecular complexity index is 1620. The number of aromatic nitrogens is 7. The SMILES string of the molecule is O=c1[nH]c(CSc2nnc(-c3cccs3)n2-c2ccccc2)nc2c1cnn2-c1ccccc1. The molecule has 0 fully saturated rings. The number of para-hydroxylation sites is 2. The molecule has 10 heteroatoms. The Balaban J connectivity index is 1.37. The molecule has 6 rings (SSSR count). The highest BCUT2D eigenvalue weighted by molar-refractivity contribution is 7.98. The van der Waals surface area contributed by atoms with Gasteiger partial charge in [-0.25, -0.2) is 9.67 Å². The van der Waals surface area contributed by atoms with Crippen molar-refractivity contribution in [2.45, 2.75) is 10.9 Å². The lowest BCUT2D eigenvalue weighted by atomic mass is 10.3. The average molecular weight is 484 g/mol. The van der Waals surface area contributed by atoms with Crippen LogP contribution in [0.15, 0.2) is 94.3 Å². The Morgan fingerprint density at radius 1 is 0.912 bits per heavy atom. The second-order valence-corrected chi connectivity index (χ2v) is 9.28. The third kappa shape index (κ3) is 3.72. The zero-order valence-electron chi connectivity index (χ0n) is 17.7. The Hall–Kier alpha value is -4.02.